The summed E-state index contributed by atoms with van der Waals surface area (Å²) in [7, 11) is 2.54. The van der Waals surface area contributed by atoms with Crippen LogP contribution in [0.4, 0.5) is 11.4 Å². The van der Waals surface area contributed by atoms with E-state index in [0.717, 1.165) is 11.8 Å². The van der Waals surface area contributed by atoms with Crippen LogP contribution in [0.15, 0.2) is 0 Å². The van der Waals surface area contributed by atoms with Crippen molar-refractivity contribution < 1.29 is 0 Å². The predicted molar refractivity (Wildman–Crippen MR) is 213 cm³/mol. The van der Waals surface area contributed by atoms with Gasteiger partial charge in [-0.25, -0.2) is 0 Å². The van der Waals surface area contributed by atoms with Crippen LogP contribution in [0.25, 0.3) is 0 Å². The molecule has 1 N–H and O–H groups in total. The second kappa shape index (κ2) is 22.6. The minimum absolute atomic E-state index is 0.743. The Hall–Kier alpha value is -1.18. The Bertz CT molecular complexity index is 988. The molecule has 0 bridgehead atoms. The molecule has 274 valence electrons. The summed E-state index contributed by atoms with van der Waals surface area (Å²) in [5.41, 5.74) is 10.9. The summed E-state index contributed by atoms with van der Waals surface area (Å²) in [6.07, 6.45) is 50.0. The zero-order valence-corrected chi connectivity index (χ0v) is 32.3. The van der Waals surface area contributed by atoms with E-state index in [-0.39, 0.29) is 0 Å². The molecule has 2 heterocycles. The normalized spacial score (nSPS) is 24.1. The molecule has 0 spiro atoms. The molecule has 2 aliphatic heterocycles. The first kappa shape index (κ1) is 38.1. The molecule has 2 aliphatic carbocycles. The monoisotopic (exact) mass is 661 g/mol. The van der Waals surface area contributed by atoms with Crippen LogP contribution in [-0.2, 0) is 12.8 Å². The molecule has 2 saturated carbocycles. The fourth-order valence-corrected chi connectivity index (χ4v) is 10.5. The Morgan fingerprint density at radius 2 is 0.771 bits per heavy atom. The molecule has 0 saturated heterocycles. The Morgan fingerprint density at radius 3 is 1.27 bits per heavy atom. The van der Waals surface area contributed by atoms with Gasteiger partial charge in [0.05, 0.1) is 0 Å². The van der Waals surface area contributed by atoms with E-state index in [1.165, 1.54) is 238 Å². The number of hydrogen-bond acceptors (Lipinski definition) is 2. The molecule has 0 amide bonds. The maximum Gasteiger partial charge on any atom is 0.0438 e. The van der Waals surface area contributed by atoms with Crippen molar-refractivity contribution in [2.45, 2.75) is 237 Å². The van der Waals surface area contributed by atoms with Gasteiger partial charge in [-0.3, -0.25) is 0 Å². The van der Waals surface area contributed by atoms with Gasteiger partial charge in [0, 0.05) is 31.5 Å². The number of nitrogens with one attached hydrogen (secondary N) is 1. The molecule has 5 rings (SSSR count). The maximum atomic E-state index is 4.37. The number of fused-ring (bicyclic) bond motifs is 2. The topological polar surface area (TPSA) is 15.3 Å². The van der Waals surface area contributed by atoms with E-state index in [1.807, 2.05) is 22.3 Å². The van der Waals surface area contributed by atoms with Crippen LogP contribution in [-0.4, -0.2) is 20.1 Å². The van der Waals surface area contributed by atoms with Crippen molar-refractivity contribution in [1.29, 1.82) is 0 Å². The van der Waals surface area contributed by atoms with Gasteiger partial charge in [-0.05, 0) is 98.3 Å². The van der Waals surface area contributed by atoms with Gasteiger partial charge in [0.25, 0.3) is 0 Å². The van der Waals surface area contributed by atoms with Crippen molar-refractivity contribution in [3.8, 4) is 0 Å². The first-order valence-corrected chi connectivity index (χ1v) is 22.5. The Morgan fingerprint density at radius 1 is 0.396 bits per heavy atom. The Kier molecular flexibility index (Phi) is 17.9. The summed E-state index contributed by atoms with van der Waals surface area (Å²) in [4.78, 5) is 2.87. The molecule has 1 aromatic rings. The number of nitrogens with zero attached hydrogens (tertiary/aromatic N) is 1. The van der Waals surface area contributed by atoms with Gasteiger partial charge in [0.2, 0.25) is 0 Å². The number of benzene rings is 1. The van der Waals surface area contributed by atoms with E-state index in [9.17, 15) is 0 Å². The average Bonchev–Trinajstić information content (AvgIpc) is 3.21. The van der Waals surface area contributed by atoms with Crippen molar-refractivity contribution in [1.82, 2.24) is 0 Å². The summed E-state index contributed by atoms with van der Waals surface area (Å²) in [5, 5.41) is 4.37. The summed E-state index contributed by atoms with van der Waals surface area (Å²) in [5.74, 6) is 1.49. The van der Waals surface area contributed by atoms with Crippen LogP contribution in [0.1, 0.15) is 246 Å². The van der Waals surface area contributed by atoms with Gasteiger partial charge in [-0.2, -0.15) is 0 Å². The molecule has 2 nitrogen and oxygen atoms in total. The molecule has 0 atom stereocenters. The largest absolute Gasteiger partial charge is 0.385 e. The average molecular weight is 661 g/mol. The Balaban J connectivity index is 1.69. The van der Waals surface area contributed by atoms with Crippen molar-refractivity contribution in [2.75, 3.05) is 30.4 Å². The smallest absolute Gasteiger partial charge is 0.0438 e. The lowest BCUT2D eigenvalue weighted by molar-refractivity contribution is 0.464. The highest BCUT2D eigenvalue weighted by Gasteiger charge is 2.32. The van der Waals surface area contributed by atoms with E-state index in [0.29, 0.717) is 0 Å². The summed E-state index contributed by atoms with van der Waals surface area (Å²) in [6, 6.07) is 0. The maximum absolute atomic E-state index is 4.37. The second-order valence-corrected chi connectivity index (χ2v) is 17.2. The second-order valence-electron chi connectivity index (χ2n) is 17.2. The first-order valence-electron chi connectivity index (χ1n) is 22.5. The molecule has 1 aromatic carbocycles. The lowest BCUT2D eigenvalue weighted by Crippen LogP contribution is -2.26. The third kappa shape index (κ3) is 12.0. The van der Waals surface area contributed by atoms with Gasteiger partial charge in [0.15, 0.2) is 0 Å². The van der Waals surface area contributed by atoms with Crippen molar-refractivity contribution in [3.63, 3.8) is 0 Å². The van der Waals surface area contributed by atoms with E-state index < -0.39 is 0 Å². The molecule has 0 aromatic heterocycles. The SMILES string of the molecule is CN1CCCCCCCCc2c(C3CCCCCCCCCC3)c3c(c(C4CCCCCCCCCCC4)c21)CCCCCCCCN3. The number of anilines is 2. The van der Waals surface area contributed by atoms with Gasteiger partial charge in [-0.1, -0.05) is 161 Å². The summed E-state index contributed by atoms with van der Waals surface area (Å²) in [6.45, 7) is 2.44. The minimum Gasteiger partial charge on any atom is -0.385 e. The highest BCUT2D eigenvalue weighted by molar-refractivity contribution is 5.77. The van der Waals surface area contributed by atoms with E-state index in [2.05, 4.69) is 17.3 Å². The highest BCUT2D eigenvalue weighted by atomic mass is 15.1. The van der Waals surface area contributed by atoms with Gasteiger partial charge < -0.3 is 10.2 Å². The van der Waals surface area contributed by atoms with Gasteiger partial charge in [0.1, 0.15) is 0 Å². The molecule has 0 unspecified atom stereocenters. The third-order valence-electron chi connectivity index (χ3n) is 13.2. The predicted octanol–water partition coefficient (Wildman–Crippen LogP) is 14.7. The fourth-order valence-electron chi connectivity index (χ4n) is 10.5. The van der Waals surface area contributed by atoms with Crippen molar-refractivity contribution in [3.05, 3.63) is 22.3 Å². The van der Waals surface area contributed by atoms with E-state index in [4.69, 9.17) is 0 Å². The molecule has 48 heavy (non-hydrogen) atoms. The van der Waals surface area contributed by atoms with Crippen LogP contribution in [0.2, 0.25) is 0 Å². The lowest BCUT2D eigenvalue weighted by Gasteiger charge is -2.37. The lowest BCUT2D eigenvalue weighted by atomic mass is 9.74. The molecule has 0 radical (unpaired) electrons. The number of rotatable bonds is 2. The van der Waals surface area contributed by atoms with Crippen LogP contribution in [0.5, 0.6) is 0 Å². The van der Waals surface area contributed by atoms with E-state index in [1.54, 1.807) is 11.4 Å². The fraction of sp³-hybridized carbons (Fsp3) is 0.870. The number of hydrogen-bond donors (Lipinski definition) is 1. The van der Waals surface area contributed by atoms with Crippen molar-refractivity contribution in [2.24, 2.45) is 0 Å². The van der Waals surface area contributed by atoms with Gasteiger partial charge in [-0.15, -0.1) is 0 Å². The first-order chi connectivity index (χ1) is 23.8. The van der Waals surface area contributed by atoms with Crippen molar-refractivity contribution >= 4 is 11.4 Å². The van der Waals surface area contributed by atoms with Crippen LogP contribution in [0, 0.1) is 0 Å². The molecule has 2 fully saturated rings. The molecule has 4 aliphatic rings. The zero-order chi connectivity index (χ0) is 33.1. The van der Waals surface area contributed by atoms with E-state index >= 15 is 0 Å². The minimum atomic E-state index is 0.743. The van der Waals surface area contributed by atoms with Crippen LogP contribution in [0.3, 0.4) is 0 Å². The van der Waals surface area contributed by atoms with Crippen LogP contribution < -0.4 is 10.2 Å². The zero-order valence-electron chi connectivity index (χ0n) is 32.3. The molecule has 2 heteroatoms. The van der Waals surface area contributed by atoms with Gasteiger partial charge >= 0.3 is 0 Å². The highest BCUT2D eigenvalue weighted by Crippen LogP contribution is 2.50. The quantitative estimate of drug-likeness (QED) is 0.340. The summed E-state index contributed by atoms with van der Waals surface area (Å²) < 4.78 is 0. The standard InChI is InChI=1S/C46H80N2/c1-48-38-30-22-14-12-20-28-36-42-43(39-31-23-15-9-5-6-10-16-24-32-39)45-41(35-27-19-11-13-21-29-37-47-45)44(46(42)48)40-33-25-17-7-3-2-4-8-18-26-34-40/h39-40,47H,2-38H2,1H3. The molecular weight excluding hydrogens is 581 g/mol. The van der Waals surface area contributed by atoms with Crippen LogP contribution >= 0.6 is 0 Å². The Labute approximate surface area is 299 Å². The summed E-state index contributed by atoms with van der Waals surface area (Å²) >= 11 is 0. The molecular formula is C46H80N2. The third-order valence-corrected chi connectivity index (χ3v) is 13.2.